The number of hydrogen-bond donors (Lipinski definition) is 1. The largest absolute Gasteiger partial charge is 0.497 e. The van der Waals surface area contributed by atoms with E-state index in [1.807, 2.05) is 0 Å². The van der Waals surface area contributed by atoms with E-state index in [1.54, 1.807) is 30.3 Å². The monoisotopic (exact) mass is 490 g/mol. The van der Waals surface area contributed by atoms with E-state index >= 15 is 0 Å². The molecule has 2 aromatic carbocycles. The fourth-order valence-electron chi connectivity index (χ4n) is 3.76. The Hall–Kier alpha value is -3.24. The average Bonchev–Trinajstić information content (AvgIpc) is 2.87. The minimum Gasteiger partial charge on any atom is -0.497 e. The summed E-state index contributed by atoms with van der Waals surface area (Å²) < 4.78 is 48.3. The van der Waals surface area contributed by atoms with E-state index in [0.717, 1.165) is 0 Å². The van der Waals surface area contributed by atoms with E-state index in [0.29, 0.717) is 54.5 Å². The summed E-state index contributed by atoms with van der Waals surface area (Å²) in [4.78, 5) is 12.7. The molecule has 1 heterocycles. The molecule has 34 heavy (non-hydrogen) atoms. The number of methoxy groups -OCH3 is 4. The molecule has 9 nitrogen and oxygen atoms in total. The van der Waals surface area contributed by atoms with Crippen LogP contribution in [0.4, 0.5) is 0 Å². The number of ether oxygens (including phenoxy) is 4. The van der Waals surface area contributed by atoms with E-state index in [2.05, 4.69) is 5.32 Å². The SMILES string of the molecule is COc1ccc(S(=O)(=O)N2CCC(NC(=O)/C=C/c3cc(OC)c(OC)c(OC)c3)CC2)cc1. The lowest BCUT2D eigenvalue weighted by molar-refractivity contribution is -0.117. The topological polar surface area (TPSA) is 103 Å². The van der Waals surface area contributed by atoms with Gasteiger partial charge in [-0.05, 0) is 60.9 Å². The van der Waals surface area contributed by atoms with Gasteiger partial charge in [0.15, 0.2) is 11.5 Å². The van der Waals surface area contributed by atoms with Crippen LogP contribution in [0.5, 0.6) is 23.0 Å². The van der Waals surface area contributed by atoms with Gasteiger partial charge in [-0.3, -0.25) is 4.79 Å². The Kier molecular flexibility index (Phi) is 8.41. The lowest BCUT2D eigenvalue weighted by Gasteiger charge is -2.31. The first kappa shape index (κ1) is 25.4. The maximum Gasteiger partial charge on any atom is 0.244 e. The summed E-state index contributed by atoms with van der Waals surface area (Å²) in [5.41, 5.74) is 0.713. The summed E-state index contributed by atoms with van der Waals surface area (Å²) in [6.45, 7) is 0.659. The van der Waals surface area contributed by atoms with E-state index in [4.69, 9.17) is 18.9 Å². The zero-order valence-electron chi connectivity index (χ0n) is 19.7. The van der Waals surface area contributed by atoms with Crippen molar-refractivity contribution in [2.24, 2.45) is 0 Å². The predicted octanol–water partition coefficient (Wildman–Crippen LogP) is 2.70. The molecule has 0 bridgehead atoms. The molecule has 1 fully saturated rings. The molecule has 0 atom stereocenters. The number of hydrogen-bond acceptors (Lipinski definition) is 7. The van der Waals surface area contributed by atoms with Crippen LogP contribution in [0.3, 0.4) is 0 Å². The van der Waals surface area contributed by atoms with Crippen molar-refractivity contribution < 1.29 is 32.2 Å². The predicted molar refractivity (Wildman–Crippen MR) is 128 cm³/mol. The fraction of sp³-hybridized carbons (Fsp3) is 0.375. The number of nitrogens with one attached hydrogen (secondary N) is 1. The minimum absolute atomic E-state index is 0.112. The first-order chi connectivity index (χ1) is 16.3. The number of carbonyl (C=O) groups excluding carboxylic acids is 1. The van der Waals surface area contributed by atoms with Gasteiger partial charge < -0.3 is 24.3 Å². The molecule has 0 saturated carbocycles. The molecule has 10 heteroatoms. The molecular formula is C24H30N2O7S. The summed E-state index contributed by atoms with van der Waals surface area (Å²) in [6.07, 6.45) is 4.14. The van der Waals surface area contributed by atoms with Gasteiger partial charge in [0.25, 0.3) is 0 Å². The van der Waals surface area contributed by atoms with Gasteiger partial charge in [-0.2, -0.15) is 4.31 Å². The molecule has 1 N–H and O–H groups in total. The van der Waals surface area contributed by atoms with Crippen LogP contribution in [0, 0.1) is 0 Å². The van der Waals surface area contributed by atoms with Crippen LogP contribution in [-0.4, -0.2) is 66.2 Å². The van der Waals surface area contributed by atoms with Crippen molar-refractivity contribution in [3.63, 3.8) is 0 Å². The lowest BCUT2D eigenvalue weighted by Crippen LogP contribution is -2.46. The number of carbonyl (C=O) groups is 1. The van der Waals surface area contributed by atoms with Gasteiger partial charge in [0.1, 0.15) is 5.75 Å². The van der Waals surface area contributed by atoms with Crippen LogP contribution in [0.25, 0.3) is 6.08 Å². The van der Waals surface area contributed by atoms with Crippen LogP contribution in [0.1, 0.15) is 18.4 Å². The van der Waals surface area contributed by atoms with Crippen molar-refractivity contribution in [3.05, 3.63) is 48.0 Å². The van der Waals surface area contributed by atoms with Crippen molar-refractivity contribution in [2.75, 3.05) is 41.5 Å². The lowest BCUT2D eigenvalue weighted by atomic mass is 10.1. The molecule has 0 spiro atoms. The molecule has 0 radical (unpaired) electrons. The Labute approximate surface area is 200 Å². The smallest absolute Gasteiger partial charge is 0.244 e. The molecule has 1 saturated heterocycles. The van der Waals surface area contributed by atoms with Gasteiger partial charge in [-0.15, -0.1) is 0 Å². The second kappa shape index (κ2) is 11.3. The van der Waals surface area contributed by atoms with Crippen LogP contribution in [-0.2, 0) is 14.8 Å². The Morgan fingerprint density at radius 3 is 2.03 bits per heavy atom. The summed E-state index contributed by atoms with van der Waals surface area (Å²) in [5, 5.41) is 2.94. The molecule has 0 unspecified atom stereocenters. The van der Waals surface area contributed by atoms with Crippen LogP contribution in [0.15, 0.2) is 47.4 Å². The molecule has 184 valence electrons. The van der Waals surface area contributed by atoms with Gasteiger partial charge in [-0.25, -0.2) is 8.42 Å². The van der Waals surface area contributed by atoms with E-state index in [9.17, 15) is 13.2 Å². The average molecular weight is 491 g/mol. The van der Waals surface area contributed by atoms with Gasteiger partial charge in [0.05, 0.1) is 33.3 Å². The maximum atomic E-state index is 12.9. The van der Waals surface area contributed by atoms with Gasteiger partial charge in [0, 0.05) is 25.2 Å². The summed E-state index contributed by atoms with van der Waals surface area (Å²) in [5.74, 6) is 1.80. The zero-order valence-corrected chi connectivity index (χ0v) is 20.6. The van der Waals surface area contributed by atoms with E-state index < -0.39 is 10.0 Å². The van der Waals surface area contributed by atoms with Crippen molar-refractivity contribution in [1.82, 2.24) is 9.62 Å². The standard InChI is InChI=1S/C24H30N2O7S/c1-30-19-6-8-20(9-7-19)34(28,29)26-13-11-18(12-14-26)25-23(27)10-5-17-15-21(31-2)24(33-4)22(16-17)32-3/h5-10,15-16,18H,11-14H2,1-4H3,(H,25,27)/b10-5+. The Morgan fingerprint density at radius 1 is 0.941 bits per heavy atom. The summed E-state index contributed by atoms with van der Waals surface area (Å²) in [7, 11) is 2.52. The Balaban J connectivity index is 1.58. The first-order valence-corrected chi connectivity index (χ1v) is 12.2. The highest BCUT2D eigenvalue weighted by molar-refractivity contribution is 7.89. The quantitative estimate of drug-likeness (QED) is 0.539. The normalized spacial score (nSPS) is 15.2. The third kappa shape index (κ3) is 5.81. The van der Waals surface area contributed by atoms with Gasteiger partial charge >= 0.3 is 0 Å². The highest BCUT2D eigenvalue weighted by Gasteiger charge is 2.29. The van der Waals surface area contributed by atoms with Crippen LogP contribution < -0.4 is 24.3 Å². The maximum absolute atomic E-state index is 12.9. The molecule has 3 rings (SSSR count). The van der Waals surface area contributed by atoms with Crippen molar-refractivity contribution in [1.29, 1.82) is 0 Å². The van der Waals surface area contributed by atoms with Crippen molar-refractivity contribution in [2.45, 2.75) is 23.8 Å². The Bertz CT molecular complexity index is 1100. The number of benzene rings is 2. The molecule has 1 amide bonds. The molecule has 1 aliphatic heterocycles. The van der Waals surface area contributed by atoms with Crippen molar-refractivity contribution in [3.8, 4) is 23.0 Å². The highest BCUT2D eigenvalue weighted by atomic mass is 32.2. The molecule has 0 aromatic heterocycles. The fourth-order valence-corrected chi connectivity index (χ4v) is 5.23. The van der Waals surface area contributed by atoms with E-state index in [1.165, 1.54) is 51.0 Å². The third-order valence-corrected chi connectivity index (χ3v) is 7.52. The number of amides is 1. The number of rotatable bonds is 9. The molecule has 0 aliphatic carbocycles. The minimum atomic E-state index is -3.59. The van der Waals surface area contributed by atoms with E-state index in [-0.39, 0.29) is 16.8 Å². The van der Waals surface area contributed by atoms with Crippen LogP contribution >= 0.6 is 0 Å². The highest BCUT2D eigenvalue weighted by Crippen LogP contribution is 2.38. The number of sulfonamides is 1. The first-order valence-electron chi connectivity index (χ1n) is 10.7. The summed E-state index contributed by atoms with van der Waals surface area (Å²) in [6, 6.07) is 9.70. The second-order valence-electron chi connectivity index (χ2n) is 7.65. The van der Waals surface area contributed by atoms with Gasteiger partial charge in [0.2, 0.25) is 21.7 Å². The number of piperidine rings is 1. The van der Waals surface area contributed by atoms with Crippen molar-refractivity contribution >= 4 is 22.0 Å². The Morgan fingerprint density at radius 2 is 1.53 bits per heavy atom. The molecule has 2 aromatic rings. The number of nitrogens with zero attached hydrogens (tertiary/aromatic N) is 1. The zero-order chi connectivity index (χ0) is 24.7. The van der Waals surface area contributed by atoms with Gasteiger partial charge in [-0.1, -0.05) is 0 Å². The van der Waals surface area contributed by atoms with Crippen LogP contribution in [0.2, 0.25) is 0 Å². The molecule has 1 aliphatic rings. The second-order valence-corrected chi connectivity index (χ2v) is 9.59. The molecular weight excluding hydrogens is 460 g/mol. The third-order valence-electron chi connectivity index (χ3n) is 5.61. The summed E-state index contributed by atoms with van der Waals surface area (Å²) >= 11 is 0.